The van der Waals surface area contributed by atoms with E-state index < -0.39 is 17.7 Å². The molecule has 0 amide bonds. The van der Waals surface area contributed by atoms with Crippen molar-refractivity contribution >= 4 is 11.0 Å². The molecule has 1 N–H and O–H groups in total. The van der Waals surface area contributed by atoms with Crippen LogP contribution in [0, 0.1) is 11.6 Å². The van der Waals surface area contributed by atoms with Gasteiger partial charge in [0.2, 0.25) is 0 Å². The van der Waals surface area contributed by atoms with Gasteiger partial charge in [-0.25, -0.2) is 8.78 Å². The topological polar surface area (TPSA) is 25.2 Å². The fraction of sp³-hybridized carbons (Fsp3) is 0.176. The predicted octanol–water partition coefficient (Wildman–Crippen LogP) is 4.56. The zero-order valence-corrected chi connectivity index (χ0v) is 11.6. The van der Waals surface area contributed by atoms with E-state index >= 15 is 0 Å². The highest BCUT2D eigenvalue weighted by Gasteiger charge is 2.16. The van der Waals surface area contributed by atoms with Gasteiger partial charge in [-0.3, -0.25) is 0 Å². The summed E-state index contributed by atoms with van der Waals surface area (Å²) in [5.74, 6) is -0.348. The molecule has 1 atom stereocenters. The minimum atomic E-state index is -0.542. The molecule has 108 valence electrons. The zero-order valence-electron chi connectivity index (χ0n) is 11.6. The summed E-state index contributed by atoms with van der Waals surface area (Å²) in [5, 5.41) is 4.10. The Labute approximate surface area is 121 Å². The third-order valence-electron chi connectivity index (χ3n) is 3.49. The van der Waals surface area contributed by atoms with Gasteiger partial charge in [-0.2, -0.15) is 0 Å². The molecule has 0 saturated carbocycles. The van der Waals surface area contributed by atoms with Crippen LogP contribution >= 0.6 is 0 Å². The maximum atomic E-state index is 13.7. The molecule has 0 fully saturated rings. The highest BCUT2D eigenvalue weighted by atomic mass is 19.1. The number of para-hydroxylation sites is 1. The maximum Gasteiger partial charge on any atom is 0.134 e. The van der Waals surface area contributed by atoms with E-state index in [2.05, 4.69) is 5.32 Å². The molecule has 1 unspecified atom stereocenters. The number of furan rings is 1. The first-order valence-electron chi connectivity index (χ1n) is 6.80. The van der Waals surface area contributed by atoms with Gasteiger partial charge in [0.05, 0.1) is 6.54 Å². The van der Waals surface area contributed by atoms with Crippen LogP contribution in [0.2, 0.25) is 0 Å². The smallest absolute Gasteiger partial charge is 0.134 e. The van der Waals surface area contributed by atoms with Gasteiger partial charge in [-0.15, -0.1) is 0 Å². The highest BCUT2D eigenvalue weighted by Crippen LogP contribution is 2.22. The van der Waals surface area contributed by atoms with Crippen molar-refractivity contribution in [2.24, 2.45) is 0 Å². The predicted molar refractivity (Wildman–Crippen MR) is 77.8 cm³/mol. The van der Waals surface area contributed by atoms with E-state index in [4.69, 9.17) is 4.42 Å². The van der Waals surface area contributed by atoms with Crippen molar-refractivity contribution < 1.29 is 13.2 Å². The van der Waals surface area contributed by atoms with Crippen molar-refractivity contribution in [3.63, 3.8) is 0 Å². The Morgan fingerprint density at radius 3 is 2.48 bits per heavy atom. The van der Waals surface area contributed by atoms with Gasteiger partial charge in [0, 0.05) is 17.0 Å². The Balaban J connectivity index is 1.75. The average molecular weight is 287 g/mol. The van der Waals surface area contributed by atoms with Crippen LogP contribution in [0.25, 0.3) is 11.0 Å². The van der Waals surface area contributed by atoms with Crippen molar-refractivity contribution in [2.75, 3.05) is 0 Å². The van der Waals surface area contributed by atoms with Crippen LogP contribution in [0.4, 0.5) is 8.78 Å². The summed E-state index contributed by atoms with van der Waals surface area (Å²) >= 11 is 0. The molecule has 4 heteroatoms. The summed E-state index contributed by atoms with van der Waals surface area (Å²) in [6.45, 7) is 2.13. The van der Waals surface area contributed by atoms with Crippen molar-refractivity contribution in [3.05, 3.63) is 71.5 Å². The van der Waals surface area contributed by atoms with Crippen LogP contribution in [0.3, 0.4) is 0 Å². The molecule has 21 heavy (non-hydrogen) atoms. The van der Waals surface area contributed by atoms with Gasteiger partial charge in [-0.05, 0) is 31.2 Å². The van der Waals surface area contributed by atoms with Gasteiger partial charge in [-0.1, -0.05) is 24.3 Å². The van der Waals surface area contributed by atoms with E-state index in [9.17, 15) is 8.78 Å². The van der Waals surface area contributed by atoms with E-state index in [0.29, 0.717) is 6.54 Å². The number of rotatable bonds is 4. The summed E-state index contributed by atoms with van der Waals surface area (Å²) in [7, 11) is 0. The number of halogens is 2. The minimum absolute atomic E-state index is 0.0496. The van der Waals surface area contributed by atoms with E-state index in [1.165, 1.54) is 18.2 Å². The maximum absolute atomic E-state index is 13.7. The van der Waals surface area contributed by atoms with Crippen LogP contribution < -0.4 is 5.32 Å². The fourth-order valence-electron chi connectivity index (χ4n) is 2.40. The van der Waals surface area contributed by atoms with Gasteiger partial charge in [0.1, 0.15) is 23.0 Å². The van der Waals surface area contributed by atoms with E-state index in [-0.39, 0.29) is 5.56 Å². The number of benzene rings is 2. The zero-order chi connectivity index (χ0) is 14.8. The Morgan fingerprint density at radius 1 is 1.05 bits per heavy atom. The standard InChI is InChI=1S/C17H15F2NO/c1-11(17-14(18)6-4-7-15(17)19)20-10-13-9-12-5-2-3-8-16(12)21-13/h2-9,11,20H,10H2,1H3. The second-order valence-corrected chi connectivity index (χ2v) is 4.99. The third-order valence-corrected chi connectivity index (χ3v) is 3.49. The molecule has 0 radical (unpaired) electrons. The molecular weight excluding hydrogens is 272 g/mol. The first kappa shape index (κ1) is 13.8. The highest BCUT2D eigenvalue weighted by molar-refractivity contribution is 5.77. The third kappa shape index (κ3) is 2.81. The molecule has 1 heterocycles. The Bertz CT molecular complexity index is 713. The van der Waals surface area contributed by atoms with Gasteiger partial charge in [0.15, 0.2) is 0 Å². The Kier molecular flexibility index (Phi) is 3.71. The fourth-order valence-corrected chi connectivity index (χ4v) is 2.40. The molecule has 0 spiro atoms. The lowest BCUT2D eigenvalue weighted by atomic mass is 10.1. The largest absolute Gasteiger partial charge is 0.460 e. The van der Waals surface area contributed by atoms with Crippen molar-refractivity contribution in [3.8, 4) is 0 Å². The molecule has 0 aliphatic heterocycles. The van der Waals surface area contributed by atoms with Crippen molar-refractivity contribution in [1.82, 2.24) is 5.32 Å². The molecular formula is C17H15F2NO. The van der Waals surface area contributed by atoms with Gasteiger partial charge >= 0.3 is 0 Å². The molecule has 0 saturated heterocycles. The Hall–Kier alpha value is -2.20. The van der Waals surface area contributed by atoms with Crippen LogP contribution in [0.1, 0.15) is 24.3 Å². The van der Waals surface area contributed by atoms with Crippen LogP contribution in [0.15, 0.2) is 52.9 Å². The lowest BCUT2D eigenvalue weighted by Gasteiger charge is -2.14. The number of hydrogen-bond donors (Lipinski definition) is 1. The summed E-state index contributed by atoms with van der Waals surface area (Å²) in [4.78, 5) is 0. The monoisotopic (exact) mass is 287 g/mol. The lowest BCUT2D eigenvalue weighted by Crippen LogP contribution is -2.20. The quantitative estimate of drug-likeness (QED) is 0.761. The summed E-state index contributed by atoms with van der Waals surface area (Å²) in [5.41, 5.74) is 0.854. The second-order valence-electron chi connectivity index (χ2n) is 4.99. The number of hydrogen-bond acceptors (Lipinski definition) is 2. The first-order chi connectivity index (χ1) is 10.1. The first-order valence-corrected chi connectivity index (χ1v) is 6.80. The number of nitrogens with one attached hydrogen (secondary N) is 1. The lowest BCUT2D eigenvalue weighted by molar-refractivity contribution is 0.453. The molecule has 0 aliphatic rings. The van der Waals surface area contributed by atoms with Crippen molar-refractivity contribution in [1.29, 1.82) is 0 Å². The van der Waals surface area contributed by atoms with E-state index in [1.807, 2.05) is 30.3 Å². The van der Waals surface area contributed by atoms with Gasteiger partial charge in [0.25, 0.3) is 0 Å². The molecule has 3 aromatic rings. The summed E-state index contributed by atoms with van der Waals surface area (Å²) in [6, 6.07) is 13.1. The van der Waals surface area contributed by atoms with Gasteiger partial charge < -0.3 is 9.73 Å². The molecule has 2 nitrogen and oxygen atoms in total. The van der Waals surface area contributed by atoms with Crippen LogP contribution in [-0.2, 0) is 6.54 Å². The second kappa shape index (κ2) is 5.66. The Morgan fingerprint density at radius 2 is 1.76 bits per heavy atom. The molecule has 0 aliphatic carbocycles. The number of fused-ring (bicyclic) bond motifs is 1. The molecule has 0 bridgehead atoms. The van der Waals surface area contributed by atoms with Crippen LogP contribution in [-0.4, -0.2) is 0 Å². The molecule has 2 aromatic carbocycles. The molecule has 3 rings (SSSR count). The molecule has 1 aromatic heterocycles. The summed E-state index contributed by atoms with van der Waals surface area (Å²) in [6.07, 6.45) is 0. The average Bonchev–Trinajstić information content (AvgIpc) is 2.87. The summed E-state index contributed by atoms with van der Waals surface area (Å²) < 4.78 is 33.0. The minimum Gasteiger partial charge on any atom is -0.460 e. The van der Waals surface area contributed by atoms with Crippen molar-refractivity contribution in [2.45, 2.75) is 19.5 Å². The normalized spacial score (nSPS) is 12.7. The van der Waals surface area contributed by atoms with E-state index in [0.717, 1.165) is 16.7 Å². The SMILES string of the molecule is CC(NCc1cc2ccccc2o1)c1c(F)cccc1F. The van der Waals surface area contributed by atoms with E-state index in [1.54, 1.807) is 6.92 Å². The van der Waals surface area contributed by atoms with Crippen LogP contribution in [0.5, 0.6) is 0 Å².